The molecule has 0 spiro atoms. The van der Waals surface area contributed by atoms with Crippen LogP contribution in [0.1, 0.15) is 26.3 Å². The molecule has 0 bridgehead atoms. The van der Waals surface area contributed by atoms with Gasteiger partial charge in [-0.3, -0.25) is 0 Å². The van der Waals surface area contributed by atoms with Gasteiger partial charge in [-0.15, -0.1) is 0 Å². The molecule has 0 saturated carbocycles. The van der Waals surface area contributed by atoms with Gasteiger partial charge in [-0.1, -0.05) is 32.4 Å². The fraction of sp³-hybridized carbons (Fsp3) is 0.692. The van der Waals surface area contributed by atoms with E-state index in [1.54, 1.807) is 7.11 Å². The van der Waals surface area contributed by atoms with Crippen molar-refractivity contribution in [1.82, 2.24) is 9.97 Å². The van der Waals surface area contributed by atoms with E-state index in [0.29, 0.717) is 17.7 Å². The van der Waals surface area contributed by atoms with Gasteiger partial charge in [0.05, 0.1) is 6.61 Å². The summed E-state index contributed by atoms with van der Waals surface area (Å²) < 4.78 is 5.16. The first kappa shape index (κ1) is 15.2. The first-order chi connectivity index (χ1) is 8.60. The molecule has 0 radical (unpaired) electrons. The maximum atomic E-state index is 6.14. The van der Waals surface area contributed by atoms with Crippen molar-refractivity contribution in [2.24, 2.45) is 5.92 Å². The van der Waals surface area contributed by atoms with E-state index >= 15 is 0 Å². The number of aromatic nitrogens is 2. The highest BCUT2D eigenvalue weighted by Crippen LogP contribution is 2.24. The summed E-state index contributed by atoms with van der Waals surface area (Å²) in [6, 6.07) is 0. The van der Waals surface area contributed by atoms with Crippen molar-refractivity contribution < 1.29 is 4.74 Å². The quantitative estimate of drug-likeness (QED) is 0.715. The number of methoxy groups -OCH3 is 1. The molecule has 0 aliphatic heterocycles. The summed E-state index contributed by atoms with van der Waals surface area (Å²) >= 11 is 6.14. The Morgan fingerprint density at radius 3 is 2.67 bits per heavy atom. The number of ether oxygens (including phenoxy) is 1. The number of hydrogen-bond donors (Lipinski definition) is 0. The van der Waals surface area contributed by atoms with Crippen molar-refractivity contribution >= 4 is 17.4 Å². The zero-order valence-electron chi connectivity index (χ0n) is 11.6. The largest absolute Gasteiger partial charge is 0.383 e. The van der Waals surface area contributed by atoms with Gasteiger partial charge >= 0.3 is 0 Å². The molecule has 0 atom stereocenters. The highest BCUT2D eigenvalue weighted by Gasteiger charge is 2.16. The van der Waals surface area contributed by atoms with Crippen LogP contribution in [-0.2, 0) is 11.2 Å². The molecule has 0 N–H and O–H groups in total. The zero-order valence-corrected chi connectivity index (χ0v) is 12.4. The van der Waals surface area contributed by atoms with Crippen molar-refractivity contribution in [2.45, 2.75) is 27.2 Å². The molecular weight excluding hydrogens is 250 g/mol. The smallest absolute Gasteiger partial charge is 0.137 e. The lowest BCUT2D eigenvalue weighted by Crippen LogP contribution is -2.32. The average molecular weight is 272 g/mol. The van der Waals surface area contributed by atoms with Crippen LogP contribution in [0.3, 0.4) is 0 Å². The van der Waals surface area contributed by atoms with Crippen LogP contribution < -0.4 is 4.90 Å². The molecule has 1 rings (SSSR count). The summed E-state index contributed by atoms with van der Waals surface area (Å²) in [6.45, 7) is 8.87. The summed E-state index contributed by atoms with van der Waals surface area (Å²) in [5, 5.41) is 0.550. The lowest BCUT2D eigenvalue weighted by molar-refractivity contribution is 0.204. The van der Waals surface area contributed by atoms with Crippen LogP contribution in [0.15, 0.2) is 6.33 Å². The third kappa shape index (κ3) is 4.10. The van der Waals surface area contributed by atoms with Gasteiger partial charge in [-0.05, 0) is 12.3 Å². The predicted molar refractivity (Wildman–Crippen MR) is 75.3 cm³/mol. The Kier molecular flexibility index (Phi) is 6.36. The van der Waals surface area contributed by atoms with Crippen LogP contribution >= 0.6 is 11.6 Å². The summed E-state index contributed by atoms with van der Waals surface area (Å²) in [7, 11) is 1.71. The van der Waals surface area contributed by atoms with Crippen LogP contribution in [0.5, 0.6) is 0 Å². The monoisotopic (exact) mass is 271 g/mol. The molecule has 1 heterocycles. The summed E-state index contributed by atoms with van der Waals surface area (Å²) in [6.07, 6.45) is 2.35. The van der Waals surface area contributed by atoms with Gasteiger partial charge in [0.2, 0.25) is 0 Å². The molecule has 0 aromatic carbocycles. The standard InChI is InChI=1S/C13H22ClN3O/c1-5-11-12(14)15-9-16-13(11)17(6-7-18-4)8-10(2)3/h9-10H,5-8H2,1-4H3. The minimum atomic E-state index is 0.550. The van der Waals surface area contributed by atoms with E-state index in [2.05, 4.69) is 35.6 Å². The normalized spacial score (nSPS) is 11.0. The van der Waals surface area contributed by atoms with E-state index in [-0.39, 0.29) is 0 Å². The van der Waals surface area contributed by atoms with Crippen molar-refractivity contribution in [3.05, 3.63) is 17.0 Å². The molecule has 5 heteroatoms. The first-order valence-corrected chi connectivity index (χ1v) is 6.71. The van der Waals surface area contributed by atoms with Gasteiger partial charge in [0.25, 0.3) is 0 Å². The van der Waals surface area contributed by atoms with E-state index in [1.807, 2.05) is 0 Å². The van der Waals surface area contributed by atoms with Gasteiger partial charge in [0.1, 0.15) is 17.3 Å². The van der Waals surface area contributed by atoms with Crippen LogP contribution in [0, 0.1) is 5.92 Å². The molecule has 0 aliphatic carbocycles. The minimum Gasteiger partial charge on any atom is -0.383 e. The third-order valence-corrected chi connectivity index (χ3v) is 3.00. The number of nitrogens with zero attached hydrogens (tertiary/aromatic N) is 3. The van der Waals surface area contributed by atoms with Crippen LogP contribution in [0.2, 0.25) is 5.15 Å². The van der Waals surface area contributed by atoms with Crippen LogP contribution in [0.4, 0.5) is 5.82 Å². The third-order valence-electron chi connectivity index (χ3n) is 2.67. The highest BCUT2D eigenvalue weighted by atomic mass is 35.5. The Bertz CT molecular complexity index is 371. The molecule has 0 amide bonds. The molecule has 1 aromatic rings. The van der Waals surface area contributed by atoms with Gasteiger partial charge in [-0.2, -0.15) is 0 Å². The Labute approximate surface area is 114 Å². The fourth-order valence-electron chi connectivity index (χ4n) is 1.88. The number of anilines is 1. The second kappa shape index (κ2) is 7.54. The second-order valence-corrected chi connectivity index (χ2v) is 5.01. The van der Waals surface area contributed by atoms with Gasteiger partial charge in [-0.25, -0.2) is 9.97 Å². The topological polar surface area (TPSA) is 38.2 Å². The van der Waals surface area contributed by atoms with Gasteiger partial charge < -0.3 is 9.64 Å². The molecule has 0 fully saturated rings. The van der Waals surface area contributed by atoms with E-state index < -0.39 is 0 Å². The maximum Gasteiger partial charge on any atom is 0.137 e. The molecule has 18 heavy (non-hydrogen) atoms. The minimum absolute atomic E-state index is 0.550. The molecule has 102 valence electrons. The van der Waals surface area contributed by atoms with E-state index in [1.165, 1.54) is 6.33 Å². The predicted octanol–water partition coefficient (Wildman–Crippen LogP) is 2.80. The Balaban J connectivity index is 2.99. The zero-order chi connectivity index (χ0) is 13.5. The Morgan fingerprint density at radius 2 is 2.11 bits per heavy atom. The Morgan fingerprint density at radius 1 is 1.39 bits per heavy atom. The van der Waals surface area contributed by atoms with Gasteiger partial charge in [0.15, 0.2) is 0 Å². The molecule has 0 saturated heterocycles. The van der Waals surface area contributed by atoms with Crippen LogP contribution in [-0.4, -0.2) is 36.8 Å². The SMILES string of the molecule is CCc1c(Cl)ncnc1N(CCOC)CC(C)C. The number of hydrogen-bond acceptors (Lipinski definition) is 4. The lowest BCUT2D eigenvalue weighted by atomic mass is 10.1. The molecule has 0 unspecified atom stereocenters. The highest BCUT2D eigenvalue weighted by molar-refractivity contribution is 6.30. The van der Waals surface area contributed by atoms with Crippen molar-refractivity contribution in [1.29, 1.82) is 0 Å². The number of rotatable bonds is 7. The molecule has 1 aromatic heterocycles. The van der Waals surface area contributed by atoms with Crippen LogP contribution in [0.25, 0.3) is 0 Å². The number of halogens is 1. The maximum absolute atomic E-state index is 6.14. The first-order valence-electron chi connectivity index (χ1n) is 6.33. The van der Waals surface area contributed by atoms with Crippen molar-refractivity contribution in [3.8, 4) is 0 Å². The van der Waals surface area contributed by atoms with E-state index in [9.17, 15) is 0 Å². The molecule has 0 aliphatic rings. The Hall–Kier alpha value is -0.870. The van der Waals surface area contributed by atoms with Crippen molar-refractivity contribution in [2.75, 3.05) is 31.7 Å². The summed E-state index contributed by atoms with van der Waals surface area (Å²) in [5.74, 6) is 1.49. The lowest BCUT2D eigenvalue weighted by Gasteiger charge is -2.27. The van der Waals surface area contributed by atoms with Gasteiger partial charge in [0, 0.05) is 25.8 Å². The second-order valence-electron chi connectivity index (χ2n) is 4.65. The molecule has 4 nitrogen and oxygen atoms in total. The van der Waals surface area contributed by atoms with E-state index in [4.69, 9.17) is 16.3 Å². The fourth-order valence-corrected chi connectivity index (χ4v) is 2.15. The van der Waals surface area contributed by atoms with Crippen molar-refractivity contribution in [3.63, 3.8) is 0 Å². The van der Waals surface area contributed by atoms with E-state index in [0.717, 1.165) is 30.9 Å². The molecular formula is C13H22ClN3O. The summed E-state index contributed by atoms with van der Waals surface area (Å²) in [4.78, 5) is 10.7. The summed E-state index contributed by atoms with van der Waals surface area (Å²) in [5.41, 5.74) is 1.01. The average Bonchev–Trinajstić information content (AvgIpc) is 2.33.